The minimum Gasteiger partial charge on any atom is -0.461 e. The third-order valence-electron chi connectivity index (χ3n) is 3.81. The topological polar surface area (TPSA) is 82.7 Å². The summed E-state index contributed by atoms with van der Waals surface area (Å²) in [6.07, 6.45) is 0.386. The van der Waals surface area contributed by atoms with Gasteiger partial charge < -0.3 is 19.8 Å². The zero-order valence-corrected chi connectivity index (χ0v) is 13.1. The summed E-state index contributed by atoms with van der Waals surface area (Å²) in [6.45, 7) is 0. The summed E-state index contributed by atoms with van der Waals surface area (Å²) in [4.78, 5) is 12.1. The van der Waals surface area contributed by atoms with E-state index in [9.17, 15) is 14.8 Å². The molecule has 0 aliphatic heterocycles. The van der Waals surface area contributed by atoms with Crippen LogP contribution in [0.5, 0.6) is 0 Å². The smallest absolute Gasteiger partial charge is 0.461 e. The van der Waals surface area contributed by atoms with Gasteiger partial charge in [0, 0.05) is 11.8 Å². The van der Waals surface area contributed by atoms with Crippen LogP contribution >= 0.6 is 0 Å². The minimum atomic E-state index is -1.67. The molecule has 6 heteroatoms. The Balaban J connectivity index is 1.67. The van der Waals surface area contributed by atoms with Gasteiger partial charge in [0.15, 0.2) is 0 Å². The summed E-state index contributed by atoms with van der Waals surface area (Å²) >= 11 is 0. The zero-order valence-electron chi connectivity index (χ0n) is 13.1. The maximum Gasteiger partial charge on any atom is 0.475 e. The quantitative estimate of drug-likeness (QED) is 0.603. The van der Waals surface area contributed by atoms with E-state index in [1.807, 2.05) is 60.7 Å². The Morgan fingerprint density at radius 3 is 2.50 bits per heavy atom. The SMILES string of the molecule is O=C(Cc1ccccc1)NC(Cc1cc2ccccc2o1)B(O)O. The molecule has 3 aromatic rings. The van der Waals surface area contributed by atoms with Gasteiger partial charge in [-0.15, -0.1) is 0 Å². The lowest BCUT2D eigenvalue weighted by atomic mass is 9.77. The molecule has 0 bridgehead atoms. The molecule has 0 saturated heterocycles. The van der Waals surface area contributed by atoms with Gasteiger partial charge >= 0.3 is 7.12 Å². The van der Waals surface area contributed by atoms with E-state index >= 15 is 0 Å². The number of carbonyl (C=O) groups excluding carboxylic acids is 1. The molecule has 0 spiro atoms. The molecule has 0 fully saturated rings. The van der Waals surface area contributed by atoms with Crippen LogP contribution in [0.4, 0.5) is 0 Å². The Morgan fingerprint density at radius 1 is 1.08 bits per heavy atom. The van der Waals surface area contributed by atoms with E-state index in [0.717, 1.165) is 16.5 Å². The lowest BCUT2D eigenvalue weighted by Gasteiger charge is -2.16. The standard InChI is InChI=1S/C18H18BNO4/c21-18(10-13-6-2-1-3-7-13)20-17(19(22)23)12-15-11-14-8-4-5-9-16(14)24-15/h1-9,11,17,22-23H,10,12H2,(H,20,21). The zero-order chi connectivity index (χ0) is 16.9. The van der Waals surface area contributed by atoms with Crippen LogP contribution in [0.15, 0.2) is 65.1 Å². The molecule has 122 valence electrons. The molecule has 0 aliphatic rings. The molecule has 3 rings (SSSR count). The predicted molar refractivity (Wildman–Crippen MR) is 92.2 cm³/mol. The highest BCUT2D eigenvalue weighted by Gasteiger charge is 2.27. The summed E-state index contributed by atoms with van der Waals surface area (Å²) in [5, 5.41) is 22.7. The number of benzene rings is 2. The van der Waals surface area contributed by atoms with Crippen molar-refractivity contribution in [3.8, 4) is 0 Å². The Labute approximate surface area is 140 Å². The van der Waals surface area contributed by atoms with Crippen LogP contribution in [-0.2, 0) is 17.6 Å². The van der Waals surface area contributed by atoms with Gasteiger partial charge in [0.1, 0.15) is 11.3 Å². The van der Waals surface area contributed by atoms with Gasteiger partial charge in [0.25, 0.3) is 0 Å². The van der Waals surface area contributed by atoms with Crippen molar-refractivity contribution in [2.45, 2.75) is 18.8 Å². The van der Waals surface area contributed by atoms with E-state index in [1.54, 1.807) is 0 Å². The van der Waals surface area contributed by atoms with Crippen LogP contribution in [0, 0.1) is 0 Å². The van der Waals surface area contributed by atoms with Crippen LogP contribution < -0.4 is 5.32 Å². The highest BCUT2D eigenvalue weighted by atomic mass is 16.4. The number of carbonyl (C=O) groups is 1. The number of hydrogen-bond donors (Lipinski definition) is 3. The Hall–Kier alpha value is -2.57. The van der Waals surface area contributed by atoms with Crippen molar-refractivity contribution in [1.29, 1.82) is 0 Å². The van der Waals surface area contributed by atoms with Crippen molar-refractivity contribution in [1.82, 2.24) is 5.32 Å². The van der Waals surface area contributed by atoms with E-state index in [4.69, 9.17) is 4.42 Å². The first-order valence-electron chi connectivity index (χ1n) is 7.79. The third kappa shape index (κ3) is 4.04. The number of amides is 1. The van der Waals surface area contributed by atoms with E-state index in [0.29, 0.717) is 5.76 Å². The Morgan fingerprint density at radius 2 is 1.79 bits per heavy atom. The van der Waals surface area contributed by atoms with Crippen LogP contribution in [0.3, 0.4) is 0 Å². The van der Waals surface area contributed by atoms with Crippen LogP contribution in [0.25, 0.3) is 11.0 Å². The lowest BCUT2D eigenvalue weighted by Crippen LogP contribution is -2.48. The fourth-order valence-electron chi connectivity index (χ4n) is 2.62. The Kier molecular flexibility index (Phi) is 4.98. The molecule has 1 heterocycles. The van der Waals surface area contributed by atoms with Crippen molar-refractivity contribution < 1.29 is 19.3 Å². The van der Waals surface area contributed by atoms with Crippen LogP contribution in [0.2, 0.25) is 0 Å². The summed E-state index contributed by atoms with van der Waals surface area (Å²) < 4.78 is 5.68. The van der Waals surface area contributed by atoms with Crippen LogP contribution in [-0.4, -0.2) is 29.0 Å². The second-order valence-electron chi connectivity index (χ2n) is 5.70. The average molecular weight is 323 g/mol. The van der Waals surface area contributed by atoms with E-state index in [2.05, 4.69) is 5.32 Å². The van der Waals surface area contributed by atoms with E-state index < -0.39 is 13.1 Å². The summed E-state index contributed by atoms with van der Waals surface area (Å²) in [5.74, 6) is -0.508. The molecular formula is C18H18BNO4. The van der Waals surface area contributed by atoms with E-state index in [-0.39, 0.29) is 18.7 Å². The number of furan rings is 1. The molecule has 24 heavy (non-hydrogen) atoms. The van der Waals surface area contributed by atoms with Gasteiger partial charge in [-0.3, -0.25) is 4.79 Å². The maximum atomic E-state index is 12.1. The number of nitrogens with one attached hydrogen (secondary N) is 1. The number of para-hydroxylation sites is 1. The molecular weight excluding hydrogens is 305 g/mol. The Bertz CT molecular complexity index is 783. The van der Waals surface area contributed by atoms with Crippen molar-refractivity contribution in [3.05, 3.63) is 72.0 Å². The van der Waals surface area contributed by atoms with Gasteiger partial charge in [-0.25, -0.2) is 0 Å². The highest BCUT2D eigenvalue weighted by molar-refractivity contribution is 6.43. The molecule has 1 atom stereocenters. The van der Waals surface area contributed by atoms with Gasteiger partial charge in [-0.2, -0.15) is 0 Å². The van der Waals surface area contributed by atoms with Crippen molar-refractivity contribution in [3.63, 3.8) is 0 Å². The normalized spacial score (nSPS) is 12.1. The van der Waals surface area contributed by atoms with E-state index in [1.165, 1.54) is 0 Å². The van der Waals surface area contributed by atoms with Crippen molar-refractivity contribution in [2.24, 2.45) is 0 Å². The molecule has 1 unspecified atom stereocenters. The second-order valence-corrected chi connectivity index (χ2v) is 5.70. The van der Waals surface area contributed by atoms with Gasteiger partial charge in [-0.1, -0.05) is 48.5 Å². The first kappa shape index (κ1) is 16.3. The maximum absolute atomic E-state index is 12.1. The monoisotopic (exact) mass is 323 g/mol. The number of fused-ring (bicyclic) bond motifs is 1. The average Bonchev–Trinajstić information content (AvgIpc) is 2.97. The molecule has 0 aliphatic carbocycles. The molecule has 5 nitrogen and oxygen atoms in total. The molecule has 1 amide bonds. The summed E-state index contributed by atoms with van der Waals surface area (Å²) in [7, 11) is -1.67. The molecule has 0 radical (unpaired) electrons. The molecule has 0 saturated carbocycles. The molecule has 3 N–H and O–H groups in total. The predicted octanol–water partition coefficient (Wildman–Crippen LogP) is 1.71. The largest absolute Gasteiger partial charge is 0.475 e. The second kappa shape index (κ2) is 7.34. The highest BCUT2D eigenvalue weighted by Crippen LogP contribution is 2.20. The van der Waals surface area contributed by atoms with Crippen LogP contribution in [0.1, 0.15) is 11.3 Å². The number of hydrogen-bond acceptors (Lipinski definition) is 4. The minimum absolute atomic E-state index is 0.185. The lowest BCUT2D eigenvalue weighted by molar-refractivity contribution is -0.120. The van der Waals surface area contributed by atoms with Gasteiger partial charge in [-0.05, 0) is 17.7 Å². The summed E-state index contributed by atoms with van der Waals surface area (Å²) in [6, 6.07) is 18.7. The summed E-state index contributed by atoms with van der Waals surface area (Å²) in [5.41, 5.74) is 1.60. The fourth-order valence-corrected chi connectivity index (χ4v) is 2.62. The third-order valence-corrected chi connectivity index (χ3v) is 3.81. The first-order chi connectivity index (χ1) is 11.6. The van der Waals surface area contributed by atoms with Gasteiger partial charge in [0.2, 0.25) is 5.91 Å². The van der Waals surface area contributed by atoms with Crippen molar-refractivity contribution >= 4 is 24.0 Å². The molecule has 1 aromatic heterocycles. The first-order valence-corrected chi connectivity index (χ1v) is 7.79. The van der Waals surface area contributed by atoms with Crippen molar-refractivity contribution in [2.75, 3.05) is 0 Å². The fraction of sp³-hybridized carbons (Fsp3) is 0.167. The molecule has 2 aromatic carbocycles. The number of rotatable bonds is 6. The van der Waals surface area contributed by atoms with Gasteiger partial charge in [0.05, 0.1) is 12.4 Å².